The van der Waals surface area contributed by atoms with Crippen LogP contribution in [-0.4, -0.2) is 11.6 Å². The van der Waals surface area contributed by atoms with E-state index in [-0.39, 0.29) is 69.6 Å². The summed E-state index contributed by atoms with van der Waals surface area (Å²) in [4.78, 5) is 21.1. The summed E-state index contributed by atoms with van der Waals surface area (Å²) >= 11 is 0. The van der Waals surface area contributed by atoms with Crippen LogP contribution in [0, 0.1) is 0 Å². The van der Waals surface area contributed by atoms with E-state index < -0.39 is 0 Å². The largest absolute Gasteiger partial charge is 4.00 e. The topological polar surface area (TPSA) is 80.3 Å². The Kier molecular flexibility index (Phi) is 18.1. The van der Waals surface area contributed by atoms with Crippen molar-refractivity contribution in [3.8, 4) is 0 Å². The average Bonchev–Trinajstić information content (AvgIpc) is 2.56. The van der Waals surface area contributed by atoms with Gasteiger partial charge in [-0.3, -0.25) is 9.59 Å². The molecule has 0 saturated heterocycles. The minimum Gasteiger partial charge on any atom is -1.00 e. The molecule has 0 bridgehead atoms. The number of hydrogen-bond donors (Lipinski definition) is 0. The van der Waals surface area contributed by atoms with Crippen molar-refractivity contribution in [3.05, 3.63) is 83.9 Å². The molecule has 0 aliphatic rings. The van der Waals surface area contributed by atoms with E-state index in [0.29, 0.717) is 11.1 Å². The molecule has 27 heavy (non-hydrogen) atoms. The summed E-state index contributed by atoms with van der Waals surface area (Å²) in [6.07, 6.45) is 2.19. The fourth-order valence-corrected chi connectivity index (χ4v) is 1.74. The van der Waals surface area contributed by atoms with E-state index >= 15 is 0 Å². The smallest absolute Gasteiger partial charge is 1.00 e. The Balaban J connectivity index is -0.000000384. The Morgan fingerprint density at radius 3 is 1.15 bits per heavy atom. The van der Waals surface area contributed by atoms with Crippen molar-refractivity contribution in [2.75, 3.05) is 0 Å². The van der Waals surface area contributed by atoms with Crippen LogP contribution in [0.15, 0.2) is 72.8 Å². The van der Waals surface area contributed by atoms with Gasteiger partial charge in [0.25, 0.3) is 0 Å². The zero-order chi connectivity index (χ0) is 17.9. The number of ketones is 2. The molecule has 2 aromatic carbocycles. The van der Waals surface area contributed by atoms with Gasteiger partial charge in [0, 0.05) is 0 Å². The first-order chi connectivity index (χ1) is 11.4. The fraction of sp³-hybridized carbons (Fsp3) is 0.100. The summed E-state index contributed by atoms with van der Waals surface area (Å²) in [6, 6.07) is 17.4. The Morgan fingerprint density at radius 2 is 0.926 bits per heavy atom. The van der Waals surface area contributed by atoms with E-state index in [0.717, 1.165) is 12.2 Å². The number of hydrogen-bond acceptors (Lipinski definition) is 4. The number of rotatable bonds is 4. The maximum absolute atomic E-state index is 11.2. The SMILES string of the molecule is CC(=O)/C=C(\[O-])c1ccccc1.CC(=O)/C=C(\[O-])c1ccccc1.[Cl-].[Cl-].[Ti+4]. The van der Waals surface area contributed by atoms with Crippen LogP contribution >= 0.6 is 0 Å². The predicted molar refractivity (Wildman–Crippen MR) is 90.2 cm³/mol. The van der Waals surface area contributed by atoms with Crippen LogP contribution in [0.5, 0.6) is 0 Å². The van der Waals surface area contributed by atoms with Crippen molar-refractivity contribution in [1.29, 1.82) is 0 Å². The van der Waals surface area contributed by atoms with E-state index in [4.69, 9.17) is 0 Å². The van der Waals surface area contributed by atoms with Crippen LogP contribution < -0.4 is 35.0 Å². The van der Waals surface area contributed by atoms with Gasteiger partial charge in [-0.2, -0.15) is 0 Å². The third-order valence-electron chi connectivity index (χ3n) is 2.79. The summed E-state index contributed by atoms with van der Waals surface area (Å²) in [5.41, 5.74) is 1.10. The Hall–Kier alpha value is -1.85. The van der Waals surface area contributed by atoms with Gasteiger partial charge in [0.1, 0.15) is 0 Å². The molecule has 0 aliphatic carbocycles. The second-order valence-corrected chi connectivity index (χ2v) is 4.97. The zero-order valence-electron chi connectivity index (χ0n) is 14.8. The number of halogens is 2. The first-order valence-electron chi connectivity index (χ1n) is 7.29. The first-order valence-corrected chi connectivity index (χ1v) is 7.29. The number of benzene rings is 2. The second kappa shape index (κ2) is 16.3. The van der Waals surface area contributed by atoms with Crippen molar-refractivity contribution in [2.45, 2.75) is 13.8 Å². The summed E-state index contributed by atoms with van der Waals surface area (Å²) in [7, 11) is 0. The van der Waals surface area contributed by atoms with Gasteiger partial charge in [0.05, 0.1) is 0 Å². The van der Waals surface area contributed by atoms with Crippen LogP contribution in [0.25, 0.3) is 11.5 Å². The second-order valence-electron chi connectivity index (χ2n) is 4.97. The molecule has 0 saturated carbocycles. The molecule has 0 aliphatic heterocycles. The van der Waals surface area contributed by atoms with E-state index in [1.807, 2.05) is 12.1 Å². The van der Waals surface area contributed by atoms with Gasteiger partial charge in [0.2, 0.25) is 0 Å². The maximum atomic E-state index is 11.2. The standard InChI is InChI=1S/2C10H10O2.2ClH.Ti/c2*1-8(11)7-10(12)9-5-3-2-4-6-9;;;/h2*2-7,12H,1H3;2*1H;/q;;;;+4/p-4/b2*10-7-;;;. The molecule has 0 fully saturated rings. The van der Waals surface area contributed by atoms with Gasteiger partial charge in [-0.15, -0.1) is 0 Å². The van der Waals surface area contributed by atoms with Crippen molar-refractivity contribution < 1.29 is 66.3 Å². The molecule has 140 valence electrons. The van der Waals surface area contributed by atoms with Crippen LogP contribution in [0.4, 0.5) is 0 Å². The average molecular weight is 441 g/mol. The molecule has 0 amide bonds. The molecule has 0 aromatic heterocycles. The molecule has 0 spiro atoms. The summed E-state index contributed by atoms with van der Waals surface area (Å²) in [5.74, 6) is -0.904. The normalized spacial score (nSPS) is 10.0. The molecule has 2 rings (SSSR count). The first kappa shape index (κ1) is 29.9. The Bertz CT molecular complexity index is 680. The molecule has 4 nitrogen and oxygen atoms in total. The molecular weight excluding hydrogens is 423 g/mol. The minimum atomic E-state index is -0.233. The van der Waals surface area contributed by atoms with E-state index in [1.54, 1.807) is 48.5 Å². The Labute approximate surface area is 186 Å². The van der Waals surface area contributed by atoms with Crippen molar-refractivity contribution in [1.82, 2.24) is 0 Å². The summed E-state index contributed by atoms with van der Waals surface area (Å²) < 4.78 is 0. The quantitative estimate of drug-likeness (QED) is 0.275. The zero-order valence-corrected chi connectivity index (χ0v) is 17.9. The molecule has 0 N–H and O–H groups in total. The van der Waals surface area contributed by atoms with Crippen molar-refractivity contribution in [3.63, 3.8) is 0 Å². The van der Waals surface area contributed by atoms with Crippen LogP contribution in [0.3, 0.4) is 0 Å². The van der Waals surface area contributed by atoms with E-state index in [1.165, 1.54) is 13.8 Å². The van der Waals surface area contributed by atoms with Crippen LogP contribution in [0.1, 0.15) is 25.0 Å². The van der Waals surface area contributed by atoms with Gasteiger partial charge in [0.15, 0.2) is 11.6 Å². The van der Waals surface area contributed by atoms with Gasteiger partial charge < -0.3 is 35.0 Å². The molecule has 7 heteroatoms. The molecule has 0 unspecified atom stereocenters. The van der Waals surface area contributed by atoms with Gasteiger partial charge >= 0.3 is 21.7 Å². The summed E-state index contributed by atoms with van der Waals surface area (Å²) in [6.45, 7) is 2.72. The van der Waals surface area contributed by atoms with Gasteiger partial charge in [-0.25, -0.2) is 0 Å². The van der Waals surface area contributed by atoms with Crippen LogP contribution in [-0.2, 0) is 31.3 Å². The van der Waals surface area contributed by atoms with Gasteiger partial charge in [-0.1, -0.05) is 72.2 Å². The molecule has 0 atom stereocenters. The van der Waals surface area contributed by atoms with Crippen LogP contribution in [0.2, 0.25) is 0 Å². The third kappa shape index (κ3) is 13.0. The van der Waals surface area contributed by atoms with E-state index in [9.17, 15) is 19.8 Å². The molecule has 0 heterocycles. The van der Waals surface area contributed by atoms with E-state index in [2.05, 4.69) is 0 Å². The fourth-order valence-electron chi connectivity index (χ4n) is 1.74. The Morgan fingerprint density at radius 1 is 0.667 bits per heavy atom. The minimum absolute atomic E-state index is 0. The maximum Gasteiger partial charge on any atom is 4.00 e. The number of allylic oxidation sites excluding steroid dienone is 2. The predicted octanol–water partition coefficient (Wildman–Crippen LogP) is -4.04. The summed E-state index contributed by atoms with van der Waals surface area (Å²) in [5, 5.41) is 22.4. The molecular formula is C20H18Cl2O4Ti. The molecule has 2 aromatic rings. The van der Waals surface area contributed by atoms with Crippen molar-refractivity contribution in [2.24, 2.45) is 0 Å². The molecule has 0 radical (unpaired) electrons. The van der Waals surface area contributed by atoms with Gasteiger partial charge in [-0.05, 0) is 37.1 Å². The number of carbonyl (C=O) groups excluding carboxylic acids is 2. The van der Waals surface area contributed by atoms with Crippen molar-refractivity contribution >= 4 is 23.1 Å². The number of carbonyl (C=O) groups is 2. The monoisotopic (exact) mass is 440 g/mol. The third-order valence-corrected chi connectivity index (χ3v) is 2.79.